The highest BCUT2D eigenvalue weighted by molar-refractivity contribution is 5.75. The number of hydrogen-bond donors (Lipinski definition) is 2. The molecule has 0 heterocycles. The van der Waals surface area contributed by atoms with Crippen LogP contribution in [0.15, 0.2) is 0 Å². The normalized spacial score (nSPS) is 11.2. The van der Waals surface area contributed by atoms with Crippen molar-refractivity contribution in [1.29, 1.82) is 0 Å². The second-order valence-corrected chi connectivity index (χ2v) is 2.78. The standard InChI is InChI=1S/C8H17N2O3/c1-10(3-4-13-2)7(6-11)5-8(9)12/h11H,3-6H2,1-2H3,(H2,9,12). The first-order chi connectivity index (χ1) is 6.11. The van der Waals surface area contributed by atoms with E-state index >= 15 is 0 Å². The van der Waals surface area contributed by atoms with Crippen LogP contribution in [0.5, 0.6) is 0 Å². The summed E-state index contributed by atoms with van der Waals surface area (Å²) in [5.74, 6) is -0.437. The molecule has 0 aliphatic carbocycles. The van der Waals surface area contributed by atoms with Gasteiger partial charge in [0.05, 0.1) is 19.3 Å². The predicted molar refractivity (Wildman–Crippen MR) is 48.6 cm³/mol. The quantitative estimate of drug-likeness (QED) is 0.536. The number of nitrogens with zero attached hydrogens (tertiary/aromatic N) is 1. The molecule has 0 bridgehead atoms. The first-order valence-corrected chi connectivity index (χ1v) is 4.05. The second-order valence-electron chi connectivity index (χ2n) is 2.78. The number of likely N-dealkylation sites (N-methyl/N-ethyl adjacent to an activating group) is 1. The van der Waals surface area contributed by atoms with Gasteiger partial charge in [0.15, 0.2) is 0 Å². The summed E-state index contributed by atoms with van der Waals surface area (Å²) in [6, 6.07) is 0.615. The molecule has 5 heteroatoms. The monoisotopic (exact) mass is 189 g/mol. The summed E-state index contributed by atoms with van der Waals surface area (Å²) in [4.78, 5) is 12.4. The molecule has 0 aromatic rings. The summed E-state index contributed by atoms with van der Waals surface area (Å²) in [6.45, 7) is 1.04. The number of aliphatic hydroxyl groups excluding tert-OH is 1. The Labute approximate surface area is 78.5 Å². The van der Waals surface area contributed by atoms with Gasteiger partial charge >= 0.3 is 0 Å². The van der Waals surface area contributed by atoms with E-state index in [1.807, 2.05) is 0 Å². The number of rotatable bonds is 7. The molecular formula is C8H17N2O3. The van der Waals surface area contributed by atoms with Crippen LogP contribution in [0.25, 0.3) is 0 Å². The molecule has 1 amide bonds. The topological polar surface area (TPSA) is 75.8 Å². The van der Waals surface area contributed by atoms with Gasteiger partial charge in [-0.15, -0.1) is 0 Å². The van der Waals surface area contributed by atoms with Crippen molar-refractivity contribution in [3.63, 3.8) is 0 Å². The first kappa shape index (κ1) is 12.3. The van der Waals surface area contributed by atoms with Gasteiger partial charge in [0.2, 0.25) is 5.91 Å². The van der Waals surface area contributed by atoms with E-state index in [1.54, 1.807) is 19.1 Å². The largest absolute Gasteiger partial charge is 0.394 e. The Kier molecular flexibility index (Phi) is 6.48. The van der Waals surface area contributed by atoms with Gasteiger partial charge < -0.3 is 15.6 Å². The predicted octanol–water partition coefficient (Wildman–Crippen LogP) is -1.04. The molecule has 0 aromatic heterocycles. The van der Waals surface area contributed by atoms with E-state index in [4.69, 9.17) is 15.6 Å². The molecule has 0 saturated carbocycles. The zero-order valence-corrected chi connectivity index (χ0v) is 8.12. The van der Waals surface area contributed by atoms with Crippen molar-refractivity contribution >= 4 is 5.91 Å². The Morgan fingerprint density at radius 3 is 2.62 bits per heavy atom. The molecule has 3 N–H and O–H groups in total. The van der Waals surface area contributed by atoms with E-state index in [-0.39, 0.29) is 13.0 Å². The summed E-state index contributed by atoms with van der Waals surface area (Å²) in [5, 5.41) is 8.92. The number of amides is 1. The number of primary amides is 1. The summed E-state index contributed by atoms with van der Waals surface area (Å²) >= 11 is 0. The van der Waals surface area contributed by atoms with E-state index in [0.29, 0.717) is 19.2 Å². The van der Waals surface area contributed by atoms with E-state index in [0.717, 1.165) is 0 Å². The smallest absolute Gasteiger partial charge is 0.219 e. The third-order valence-corrected chi connectivity index (χ3v) is 1.73. The van der Waals surface area contributed by atoms with Gasteiger partial charge in [-0.2, -0.15) is 0 Å². The summed E-state index contributed by atoms with van der Waals surface area (Å²) in [7, 11) is 3.38. The minimum Gasteiger partial charge on any atom is -0.394 e. The van der Waals surface area contributed by atoms with Gasteiger partial charge in [0.25, 0.3) is 0 Å². The van der Waals surface area contributed by atoms with Crippen LogP contribution in [0.4, 0.5) is 0 Å². The van der Waals surface area contributed by atoms with E-state index < -0.39 is 5.91 Å². The number of carbonyl (C=O) groups is 1. The van der Waals surface area contributed by atoms with Crippen LogP contribution in [-0.4, -0.2) is 49.8 Å². The molecule has 5 nitrogen and oxygen atoms in total. The Hall–Kier alpha value is -0.650. The average Bonchev–Trinajstić information content (AvgIpc) is 2.09. The first-order valence-electron chi connectivity index (χ1n) is 4.05. The lowest BCUT2D eigenvalue weighted by molar-refractivity contribution is -0.118. The van der Waals surface area contributed by atoms with Crippen molar-refractivity contribution in [3.8, 4) is 0 Å². The maximum atomic E-state index is 10.6. The third-order valence-electron chi connectivity index (χ3n) is 1.73. The van der Waals surface area contributed by atoms with E-state index in [2.05, 4.69) is 0 Å². The fourth-order valence-corrected chi connectivity index (χ4v) is 0.899. The van der Waals surface area contributed by atoms with Gasteiger partial charge in [-0.1, -0.05) is 0 Å². The highest BCUT2D eigenvalue weighted by Gasteiger charge is 2.16. The van der Waals surface area contributed by atoms with Crippen molar-refractivity contribution in [2.24, 2.45) is 5.73 Å². The van der Waals surface area contributed by atoms with Crippen molar-refractivity contribution in [2.45, 2.75) is 6.42 Å². The molecule has 13 heavy (non-hydrogen) atoms. The van der Waals surface area contributed by atoms with Crippen LogP contribution < -0.4 is 5.73 Å². The van der Waals surface area contributed by atoms with E-state index in [1.165, 1.54) is 0 Å². The van der Waals surface area contributed by atoms with Crippen LogP contribution in [0.2, 0.25) is 0 Å². The van der Waals surface area contributed by atoms with Crippen LogP contribution >= 0.6 is 0 Å². The number of methoxy groups -OCH3 is 1. The zero-order valence-electron chi connectivity index (χ0n) is 8.12. The van der Waals surface area contributed by atoms with Crippen molar-refractivity contribution in [2.75, 3.05) is 33.9 Å². The van der Waals surface area contributed by atoms with Gasteiger partial charge in [-0.3, -0.25) is 9.69 Å². The fraction of sp³-hybridized carbons (Fsp3) is 0.750. The summed E-state index contributed by atoms with van der Waals surface area (Å²) < 4.78 is 4.86. The second kappa shape index (κ2) is 6.82. The molecule has 0 unspecified atom stereocenters. The molecule has 0 aliphatic heterocycles. The number of hydrogen-bond acceptors (Lipinski definition) is 4. The Morgan fingerprint density at radius 1 is 1.62 bits per heavy atom. The van der Waals surface area contributed by atoms with Gasteiger partial charge in [-0.25, -0.2) is 0 Å². The van der Waals surface area contributed by atoms with Crippen LogP contribution in [-0.2, 0) is 9.53 Å². The molecule has 0 saturated heterocycles. The van der Waals surface area contributed by atoms with Gasteiger partial charge in [0, 0.05) is 20.1 Å². The summed E-state index contributed by atoms with van der Waals surface area (Å²) in [6.07, 6.45) is 0.0940. The minimum absolute atomic E-state index is 0.0940. The number of aliphatic hydroxyl groups is 1. The van der Waals surface area contributed by atoms with Crippen molar-refractivity contribution < 1.29 is 14.6 Å². The molecule has 77 valence electrons. The number of nitrogens with two attached hydrogens (primary N) is 1. The van der Waals surface area contributed by atoms with Crippen LogP contribution in [0, 0.1) is 6.04 Å². The van der Waals surface area contributed by atoms with Crippen molar-refractivity contribution in [3.05, 3.63) is 6.04 Å². The van der Waals surface area contributed by atoms with Gasteiger partial charge in [0.1, 0.15) is 0 Å². The fourth-order valence-electron chi connectivity index (χ4n) is 0.899. The molecule has 1 radical (unpaired) electrons. The summed E-state index contributed by atoms with van der Waals surface area (Å²) in [5.41, 5.74) is 5.01. The van der Waals surface area contributed by atoms with E-state index in [9.17, 15) is 4.79 Å². The highest BCUT2D eigenvalue weighted by Crippen LogP contribution is 2.08. The van der Waals surface area contributed by atoms with Crippen LogP contribution in [0.1, 0.15) is 6.42 Å². The van der Waals surface area contributed by atoms with Crippen LogP contribution in [0.3, 0.4) is 0 Å². The molecule has 0 fully saturated rings. The minimum atomic E-state index is -0.437. The molecule has 0 atom stereocenters. The number of ether oxygens (including phenoxy) is 1. The lowest BCUT2D eigenvalue weighted by atomic mass is 10.2. The Balaban J connectivity index is 3.84. The molecule has 0 aliphatic rings. The Morgan fingerprint density at radius 2 is 2.23 bits per heavy atom. The zero-order chi connectivity index (χ0) is 10.3. The lowest BCUT2D eigenvalue weighted by Crippen LogP contribution is -2.33. The molecule has 0 rings (SSSR count). The van der Waals surface area contributed by atoms with Crippen molar-refractivity contribution in [1.82, 2.24) is 4.90 Å². The molecule has 0 spiro atoms. The number of carbonyl (C=O) groups excluding carboxylic acids is 1. The lowest BCUT2D eigenvalue weighted by Gasteiger charge is -2.23. The molecular weight excluding hydrogens is 172 g/mol. The third kappa shape index (κ3) is 5.57. The van der Waals surface area contributed by atoms with Gasteiger partial charge in [-0.05, 0) is 7.05 Å². The average molecular weight is 189 g/mol. The molecule has 0 aromatic carbocycles. The maximum absolute atomic E-state index is 10.6. The SMILES string of the molecule is COCCN(C)[C](CO)CC(N)=O. The highest BCUT2D eigenvalue weighted by atomic mass is 16.5. The maximum Gasteiger partial charge on any atom is 0.219 e. The Bertz CT molecular complexity index is 152.